The summed E-state index contributed by atoms with van der Waals surface area (Å²) in [5.41, 5.74) is 10.5. The molecule has 1 unspecified atom stereocenters. The van der Waals surface area contributed by atoms with Crippen molar-refractivity contribution in [2.45, 2.75) is 12.8 Å². The molecular weight excluding hydrogens is 491 g/mol. The van der Waals surface area contributed by atoms with Gasteiger partial charge in [0.25, 0.3) is 0 Å². The standard InChI is InChI=1S/C25H19Cl3N6/c1-14-9-19(20(12-29)15-5-7-16(26)8-6-15)21(28)11-22(14)34-25-23(30)24(31-13-32-25)33-18-4-2-3-17(27)10-18/h2-11,13,20H,30H2,1H3,(H2,31,32,33,34). The quantitative estimate of drug-likeness (QED) is 0.249. The molecule has 0 bridgehead atoms. The summed E-state index contributed by atoms with van der Waals surface area (Å²) in [5.74, 6) is 0.323. The normalized spacial score (nSPS) is 11.5. The highest BCUT2D eigenvalue weighted by Gasteiger charge is 2.19. The Morgan fingerprint density at radius 1 is 0.912 bits per heavy atom. The van der Waals surface area contributed by atoms with Gasteiger partial charge >= 0.3 is 0 Å². The Hall–Kier alpha value is -3.50. The number of halogens is 3. The van der Waals surface area contributed by atoms with Crippen molar-refractivity contribution in [1.82, 2.24) is 9.97 Å². The van der Waals surface area contributed by atoms with Gasteiger partial charge in [-0.3, -0.25) is 0 Å². The summed E-state index contributed by atoms with van der Waals surface area (Å²) in [5, 5.41) is 17.8. The van der Waals surface area contributed by atoms with E-state index in [0.717, 1.165) is 16.8 Å². The van der Waals surface area contributed by atoms with Crippen LogP contribution in [0, 0.1) is 18.3 Å². The number of aryl methyl sites for hydroxylation is 1. The van der Waals surface area contributed by atoms with Gasteiger partial charge in [0.05, 0.1) is 12.0 Å². The molecule has 3 aromatic carbocycles. The van der Waals surface area contributed by atoms with Crippen molar-refractivity contribution < 1.29 is 0 Å². The number of nitrogens with one attached hydrogen (secondary N) is 2. The molecule has 0 spiro atoms. The van der Waals surface area contributed by atoms with Gasteiger partial charge in [0.1, 0.15) is 12.0 Å². The van der Waals surface area contributed by atoms with Gasteiger partial charge in [-0.15, -0.1) is 0 Å². The molecule has 0 saturated carbocycles. The van der Waals surface area contributed by atoms with Crippen LogP contribution in [0.1, 0.15) is 22.6 Å². The number of nitrogens with two attached hydrogens (primary N) is 1. The number of rotatable bonds is 6. The minimum Gasteiger partial charge on any atom is -0.393 e. The van der Waals surface area contributed by atoms with E-state index in [4.69, 9.17) is 40.5 Å². The molecule has 4 aromatic rings. The fourth-order valence-corrected chi connectivity index (χ4v) is 4.05. The van der Waals surface area contributed by atoms with Crippen molar-refractivity contribution in [3.63, 3.8) is 0 Å². The molecule has 4 N–H and O–H groups in total. The van der Waals surface area contributed by atoms with Crippen molar-refractivity contribution in [1.29, 1.82) is 5.26 Å². The molecule has 34 heavy (non-hydrogen) atoms. The summed E-state index contributed by atoms with van der Waals surface area (Å²) >= 11 is 18.7. The van der Waals surface area contributed by atoms with Gasteiger partial charge < -0.3 is 16.4 Å². The Bertz CT molecular complexity index is 1380. The van der Waals surface area contributed by atoms with Gasteiger partial charge in [0.2, 0.25) is 0 Å². The first-order valence-corrected chi connectivity index (χ1v) is 11.3. The molecule has 0 amide bonds. The lowest BCUT2D eigenvalue weighted by Crippen LogP contribution is -2.06. The van der Waals surface area contributed by atoms with Gasteiger partial charge in [-0.2, -0.15) is 5.26 Å². The molecule has 4 rings (SSSR count). The lowest BCUT2D eigenvalue weighted by atomic mass is 9.91. The van der Waals surface area contributed by atoms with Crippen molar-refractivity contribution in [2.24, 2.45) is 0 Å². The molecule has 0 aliphatic heterocycles. The molecule has 0 aliphatic carbocycles. The Balaban J connectivity index is 1.62. The van der Waals surface area contributed by atoms with Crippen molar-refractivity contribution in [3.05, 3.63) is 98.7 Å². The Morgan fingerprint density at radius 2 is 1.62 bits per heavy atom. The number of aromatic nitrogens is 2. The second-order valence-electron chi connectivity index (χ2n) is 7.55. The van der Waals surface area contributed by atoms with E-state index in [1.165, 1.54) is 6.33 Å². The average Bonchev–Trinajstić information content (AvgIpc) is 2.81. The van der Waals surface area contributed by atoms with Crippen LogP contribution < -0.4 is 16.4 Å². The number of nitrogens with zero attached hydrogens (tertiary/aromatic N) is 3. The third-order valence-corrected chi connectivity index (χ3v) is 6.03. The summed E-state index contributed by atoms with van der Waals surface area (Å²) in [7, 11) is 0. The molecule has 1 heterocycles. The number of anilines is 5. The second kappa shape index (κ2) is 10.2. The zero-order valence-electron chi connectivity index (χ0n) is 18.0. The molecule has 6 nitrogen and oxygen atoms in total. The van der Waals surface area contributed by atoms with Crippen LogP contribution in [-0.4, -0.2) is 9.97 Å². The van der Waals surface area contributed by atoms with E-state index in [0.29, 0.717) is 43.6 Å². The van der Waals surface area contributed by atoms with Crippen LogP contribution in [0.3, 0.4) is 0 Å². The summed E-state index contributed by atoms with van der Waals surface area (Å²) in [4.78, 5) is 8.50. The van der Waals surface area contributed by atoms with Crippen LogP contribution in [0.25, 0.3) is 0 Å². The lowest BCUT2D eigenvalue weighted by Gasteiger charge is -2.17. The summed E-state index contributed by atoms with van der Waals surface area (Å²) in [6.45, 7) is 1.92. The molecule has 170 valence electrons. The van der Waals surface area contributed by atoms with Crippen LogP contribution in [0.2, 0.25) is 15.1 Å². The number of nitriles is 1. The molecule has 0 radical (unpaired) electrons. The Labute approximate surface area is 212 Å². The molecule has 0 aliphatic rings. The molecule has 1 aromatic heterocycles. The Kier molecular flexibility index (Phi) is 7.09. The topological polar surface area (TPSA) is 99.6 Å². The summed E-state index contributed by atoms with van der Waals surface area (Å²) < 4.78 is 0. The fourth-order valence-electron chi connectivity index (χ4n) is 3.46. The third-order valence-electron chi connectivity index (χ3n) is 5.21. The minimum atomic E-state index is -0.532. The van der Waals surface area contributed by atoms with Crippen molar-refractivity contribution in [3.8, 4) is 6.07 Å². The molecule has 1 atom stereocenters. The highest BCUT2D eigenvalue weighted by atomic mass is 35.5. The van der Waals surface area contributed by atoms with Gasteiger partial charge in [-0.1, -0.05) is 59.1 Å². The zero-order valence-corrected chi connectivity index (χ0v) is 20.2. The van der Waals surface area contributed by atoms with E-state index in [-0.39, 0.29) is 0 Å². The Morgan fingerprint density at radius 3 is 2.29 bits per heavy atom. The van der Waals surface area contributed by atoms with E-state index in [1.807, 2.05) is 37.3 Å². The number of benzene rings is 3. The van der Waals surface area contributed by atoms with E-state index in [1.54, 1.807) is 30.3 Å². The maximum absolute atomic E-state index is 9.82. The van der Waals surface area contributed by atoms with Crippen LogP contribution in [0.5, 0.6) is 0 Å². The maximum Gasteiger partial charge on any atom is 0.159 e. The molecule has 0 fully saturated rings. The number of hydrogen-bond donors (Lipinski definition) is 3. The molecule has 0 saturated heterocycles. The number of hydrogen-bond acceptors (Lipinski definition) is 6. The first-order chi connectivity index (χ1) is 16.4. The summed E-state index contributed by atoms with van der Waals surface area (Å²) in [6, 6.07) is 20.4. The molecular formula is C25H19Cl3N6. The first-order valence-electron chi connectivity index (χ1n) is 10.2. The van der Waals surface area contributed by atoms with Gasteiger partial charge in [0, 0.05) is 26.4 Å². The van der Waals surface area contributed by atoms with Gasteiger partial charge in [-0.05, 0) is 60.0 Å². The first kappa shape index (κ1) is 23.7. The van der Waals surface area contributed by atoms with Crippen LogP contribution in [0.4, 0.5) is 28.7 Å². The highest BCUT2D eigenvalue weighted by Crippen LogP contribution is 2.36. The van der Waals surface area contributed by atoms with Crippen LogP contribution >= 0.6 is 34.8 Å². The van der Waals surface area contributed by atoms with Gasteiger partial charge in [0.15, 0.2) is 11.6 Å². The third kappa shape index (κ3) is 5.18. The maximum atomic E-state index is 9.82. The van der Waals surface area contributed by atoms with Gasteiger partial charge in [-0.25, -0.2) is 9.97 Å². The number of nitrogen functional groups attached to an aromatic ring is 1. The lowest BCUT2D eigenvalue weighted by molar-refractivity contribution is 1.03. The highest BCUT2D eigenvalue weighted by molar-refractivity contribution is 6.32. The largest absolute Gasteiger partial charge is 0.393 e. The SMILES string of the molecule is Cc1cc(C(C#N)c2ccc(Cl)cc2)c(Cl)cc1Nc1ncnc(Nc2cccc(Cl)c2)c1N. The fraction of sp³-hybridized carbons (Fsp3) is 0.0800. The smallest absolute Gasteiger partial charge is 0.159 e. The predicted molar refractivity (Wildman–Crippen MR) is 140 cm³/mol. The van der Waals surface area contributed by atoms with Crippen molar-refractivity contribution >= 4 is 63.5 Å². The van der Waals surface area contributed by atoms with E-state index in [9.17, 15) is 5.26 Å². The van der Waals surface area contributed by atoms with Crippen LogP contribution in [-0.2, 0) is 0 Å². The zero-order chi connectivity index (χ0) is 24.2. The van der Waals surface area contributed by atoms with E-state index < -0.39 is 5.92 Å². The second-order valence-corrected chi connectivity index (χ2v) is 8.83. The average molecular weight is 510 g/mol. The van der Waals surface area contributed by atoms with Crippen LogP contribution in [0.15, 0.2) is 67.0 Å². The predicted octanol–water partition coefficient (Wildman–Crippen LogP) is 7.47. The van der Waals surface area contributed by atoms with E-state index in [2.05, 4.69) is 26.7 Å². The van der Waals surface area contributed by atoms with Crippen molar-refractivity contribution in [2.75, 3.05) is 16.4 Å². The van der Waals surface area contributed by atoms with E-state index >= 15 is 0 Å². The monoisotopic (exact) mass is 508 g/mol. The summed E-state index contributed by atoms with van der Waals surface area (Å²) in [6.07, 6.45) is 1.41. The molecule has 9 heteroatoms. The minimum absolute atomic E-state index is 0.332.